The zero-order valence-corrected chi connectivity index (χ0v) is 10.5. The summed E-state index contributed by atoms with van der Waals surface area (Å²) in [7, 11) is 4.09. The maximum absolute atomic E-state index is 5.55. The Balaban J connectivity index is 2.18. The Kier molecular flexibility index (Phi) is 5.58. The standard InChI is InChI=1S/C12H26NO2/c1-4-12-6-5-7-13(12,2)8-9-15-11-10-14-3/h12H,4-11H2,1-3H3/q+1/t12-,13?/m1/s1. The molecule has 1 heterocycles. The minimum Gasteiger partial charge on any atom is -0.382 e. The highest BCUT2D eigenvalue weighted by Gasteiger charge is 2.35. The summed E-state index contributed by atoms with van der Waals surface area (Å²) in [6.07, 6.45) is 4.08. The van der Waals surface area contributed by atoms with Crippen molar-refractivity contribution in [1.29, 1.82) is 0 Å². The summed E-state index contributed by atoms with van der Waals surface area (Å²) in [5.74, 6) is 0. The van der Waals surface area contributed by atoms with Crippen LogP contribution in [0.3, 0.4) is 0 Å². The highest BCUT2D eigenvalue weighted by atomic mass is 16.5. The van der Waals surface area contributed by atoms with Gasteiger partial charge in [-0.3, -0.25) is 0 Å². The molecule has 0 bridgehead atoms. The maximum Gasteiger partial charge on any atom is 0.102 e. The molecule has 3 heteroatoms. The Bertz CT molecular complexity index is 175. The Morgan fingerprint density at radius 3 is 2.73 bits per heavy atom. The topological polar surface area (TPSA) is 18.5 Å². The fourth-order valence-electron chi connectivity index (χ4n) is 2.64. The predicted molar refractivity (Wildman–Crippen MR) is 61.9 cm³/mol. The molecule has 1 unspecified atom stereocenters. The van der Waals surface area contributed by atoms with Gasteiger partial charge < -0.3 is 14.0 Å². The second-order valence-corrected chi connectivity index (χ2v) is 4.74. The minimum atomic E-state index is 0.709. The summed E-state index contributed by atoms with van der Waals surface area (Å²) < 4.78 is 11.7. The van der Waals surface area contributed by atoms with Crippen LogP contribution in [-0.4, -0.2) is 57.6 Å². The lowest BCUT2D eigenvalue weighted by atomic mass is 10.1. The zero-order valence-electron chi connectivity index (χ0n) is 10.5. The fraction of sp³-hybridized carbons (Fsp3) is 1.00. The van der Waals surface area contributed by atoms with Crippen LogP contribution in [0.5, 0.6) is 0 Å². The normalized spacial score (nSPS) is 31.0. The van der Waals surface area contributed by atoms with Crippen molar-refractivity contribution in [3.05, 3.63) is 0 Å². The van der Waals surface area contributed by atoms with Gasteiger partial charge in [-0.15, -0.1) is 0 Å². The number of rotatable bonds is 7. The number of nitrogens with zero attached hydrogens (tertiary/aromatic N) is 1. The van der Waals surface area contributed by atoms with Gasteiger partial charge in [0.1, 0.15) is 6.54 Å². The van der Waals surface area contributed by atoms with Crippen LogP contribution in [-0.2, 0) is 9.47 Å². The molecule has 0 aliphatic carbocycles. The number of likely N-dealkylation sites (N-methyl/N-ethyl adjacent to an activating group) is 1. The number of methoxy groups -OCH3 is 1. The number of hydrogen-bond acceptors (Lipinski definition) is 2. The Labute approximate surface area is 93.9 Å². The van der Waals surface area contributed by atoms with Gasteiger partial charge in [-0.2, -0.15) is 0 Å². The molecule has 90 valence electrons. The lowest BCUT2D eigenvalue weighted by Crippen LogP contribution is -2.49. The lowest BCUT2D eigenvalue weighted by Gasteiger charge is -2.35. The van der Waals surface area contributed by atoms with Crippen molar-refractivity contribution in [2.45, 2.75) is 32.2 Å². The highest BCUT2D eigenvalue weighted by Crippen LogP contribution is 2.26. The molecule has 1 aliphatic heterocycles. The molecule has 15 heavy (non-hydrogen) atoms. The van der Waals surface area contributed by atoms with Crippen molar-refractivity contribution < 1.29 is 14.0 Å². The molecular formula is C12H26NO2+. The first-order valence-electron chi connectivity index (χ1n) is 6.14. The number of quaternary nitrogens is 1. The van der Waals surface area contributed by atoms with Crippen molar-refractivity contribution in [3.63, 3.8) is 0 Å². The van der Waals surface area contributed by atoms with E-state index in [0.717, 1.165) is 25.8 Å². The molecule has 2 atom stereocenters. The molecule has 1 saturated heterocycles. The Morgan fingerprint density at radius 1 is 1.27 bits per heavy atom. The predicted octanol–water partition coefficient (Wildman–Crippen LogP) is 1.67. The van der Waals surface area contributed by atoms with E-state index in [4.69, 9.17) is 9.47 Å². The molecule has 3 nitrogen and oxygen atoms in total. The second kappa shape index (κ2) is 6.46. The molecule has 0 aromatic heterocycles. The van der Waals surface area contributed by atoms with E-state index in [0.29, 0.717) is 6.61 Å². The third-order valence-electron chi connectivity index (χ3n) is 3.74. The molecule has 1 fully saturated rings. The molecule has 0 spiro atoms. The zero-order chi connectivity index (χ0) is 11.1. The molecule has 1 aliphatic rings. The summed E-state index contributed by atoms with van der Waals surface area (Å²) >= 11 is 0. The van der Waals surface area contributed by atoms with Crippen molar-refractivity contribution in [1.82, 2.24) is 0 Å². The average Bonchev–Trinajstić information content (AvgIpc) is 2.60. The molecule has 0 aromatic rings. The van der Waals surface area contributed by atoms with Crippen LogP contribution >= 0.6 is 0 Å². The van der Waals surface area contributed by atoms with Gasteiger partial charge in [0.2, 0.25) is 0 Å². The monoisotopic (exact) mass is 216 g/mol. The van der Waals surface area contributed by atoms with Gasteiger partial charge >= 0.3 is 0 Å². The van der Waals surface area contributed by atoms with Crippen LogP contribution in [0.25, 0.3) is 0 Å². The molecule has 0 amide bonds. The van der Waals surface area contributed by atoms with E-state index in [1.54, 1.807) is 7.11 Å². The number of ether oxygens (including phenoxy) is 2. The van der Waals surface area contributed by atoms with Crippen LogP contribution in [0.2, 0.25) is 0 Å². The van der Waals surface area contributed by atoms with Crippen molar-refractivity contribution in [2.24, 2.45) is 0 Å². The average molecular weight is 216 g/mol. The first kappa shape index (κ1) is 12.9. The van der Waals surface area contributed by atoms with E-state index in [1.165, 1.54) is 30.3 Å². The van der Waals surface area contributed by atoms with Crippen LogP contribution < -0.4 is 0 Å². The van der Waals surface area contributed by atoms with Gasteiger partial charge in [-0.05, 0) is 6.42 Å². The van der Waals surface area contributed by atoms with Gasteiger partial charge in [-0.25, -0.2) is 0 Å². The SMILES string of the molecule is CC[C@@H]1CCC[N+]1(C)CCOCCOC. The number of hydrogen-bond donors (Lipinski definition) is 0. The van der Waals surface area contributed by atoms with E-state index >= 15 is 0 Å². The molecule has 1 rings (SSSR count). The minimum absolute atomic E-state index is 0.709. The summed E-state index contributed by atoms with van der Waals surface area (Å²) in [6.45, 7) is 7.09. The third kappa shape index (κ3) is 3.74. The van der Waals surface area contributed by atoms with Crippen molar-refractivity contribution in [2.75, 3.05) is 47.1 Å². The van der Waals surface area contributed by atoms with Crippen LogP contribution in [0.15, 0.2) is 0 Å². The summed E-state index contributed by atoms with van der Waals surface area (Å²) in [5, 5.41) is 0. The van der Waals surface area contributed by atoms with E-state index in [2.05, 4.69) is 14.0 Å². The van der Waals surface area contributed by atoms with Gasteiger partial charge in [0, 0.05) is 20.0 Å². The molecule has 0 saturated carbocycles. The van der Waals surface area contributed by atoms with Gasteiger partial charge in [0.05, 0.1) is 39.5 Å². The van der Waals surface area contributed by atoms with Gasteiger partial charge in [0.25, 0.3) is 0 Å². The number of likely N-dealkylation sites (tertiary alicyclic amines) is 1. The second-order valence-electron chi connectivity index (χ2n) is 4.74. The largest absolute Gasteiger partial charge is 0.382 e. The third-order valence-corrected chi connectivity index (χ3v) is 3.74. The van der Waals surface area contributed by atoms with Gasteiger partial charge in [0.15, 0.2) is 0 Å². The summed E-state index contributed by atoms with van der Waals surface area (Å²) in [6, 6.07) is 0.857. The molecule has 0 N–H and O–H groups in total. The van der Waals surface area contributed by atoms with E-state index in [-0.39, 0.29) is 0 Å². The van der Waals surface area contributed by atoms with Crippen molar-refractivity contribution in [3.8, 4) is 0 Å². The smallest absolute Gasteiger partial charge is 0.102 e. The fourth-order valence-corrected chi connectivity index (χ4v) is 2.64. The van der Waals surface area contributed by atoms with Crippen LogP contribution in [0.4, 0.5) is 0 Å². The van der Waals surface area contributed by atoms with Crippen LogP contribution in [0, 0.1) is 0 Å². The Hall–Kier alpha value is -0.120. The summed E-state index contributed by atoms with van der Waals surface area (Å²) in [4.78, 5) is 0. The van der Waals surface area contributed by atoms with E-state index < -0.39 is 0 Å². The first-order chi connectivity index (χ1) is 7.23. The molecular weight excluding hydrogens is 190 g/mol. The maximum atomic E-state index is 5.55. The quantitative estimate of drug-likeness (QED) is 0.476. The highest BCUT2D eigenvalue weighted by molar-refractivity contribution is 4.65. The lowest BCUT2D eigenvalue weighted by molar-refractivity contribution is -0.921. The molecule has 0 radical (unpaired) electrons. The van der Waals surface area contributed by atoms with E-state index in [9.17, 15) is 0 Å². The summed E-state index contributed by atoms with van der Waals surface area (Å²) in [5.41, 5.74) is 0. The Morgan fingerprint density at radius 2 is 2.07 bits per heavy atom. The first-order valence-corrected chi connectivity index (χ1v) is 6.14. The van der Waals surface area contributed by atoms with E-state index in [1.807, 2.05) is 0 Å². The molecule has 0 aromatic carbocycles. The van der Waals surface area contributed by atoms with Crippen LogP contribution in [0.1, 0.15) is 26.2 Å². The van der Waals surface area contributed by atoms with Gasteiger partial charge in [-0.1, -0.05) is 6.92 Å². The van der Waals surface area contributed by atoms with Crippen molar-refractivity contribution >= 4 is 0 Å².